The lowest BCUT2D eigenvalue weighted by atomic mass is 10.0. The third-order valence-corrected chi connectivity index (χ3v) is 12.5. The van der Waals surface area contributed by atoms with E-state index in [1.165, 1.54) is 231 Å². The quantitative estimate of drug-likeness (QED) is 0.0422. The van der Waals surface area contributed by atoms with Crippen molar-refractivity contribution in [1.82, 2.24) is 5.32 Å². The summed E-state index contributed by atoms with van der Waals surface area (Å²) in [6.45, 7) is 4.31. The first kappa shape index (κ1) is 59.4. The Bertz CT molecular complexity index is 970. The molecule has 0 spiro atoms. The van der Waals surface area contributed by atoms with Crippen molar-refractivity contribution in [3.63, 3.8) is 0 Å². The van der Waals surface area contributed by atoms with Crippen LogP contribution < -0.4 is 5.32 Å². The first-order valence-corrected chi connectivity index (χ1v) is 27.4. The highest BCUT2D eigenvalue weighted by Gasteiger charge is 2.18. The first-order chi connectivity index (χ1) is 30.2. The van der Waals surface area contributed by atoms with Crippen molar-refractivity contribution in [3.8, 4) is 0 Å². The second-order valence-corrected chi connectivity index (χ2v) is 18.6. The number of aliphatic hydroxyl groups is 2. The molecule has 0 radical (unpaired) electrons. The van der Waals surface area contributed by atoms with E-state index < -0.39 is 12.1 Å². The number of hydrogen-bond donors (Lipinski definition) is 3. The Kier molecular flexibility index (Phi) is 51.3. The van der Waals surface area contributed by atoms with Crippen LogP contribution in [0.15, 0.2) is 48.6 Å². The predicted octanol–water partition coefficient (Wildman–Crippen LogP) is 17.9. The third-order valence-electron chi connectivity index (χ3n) is 12.5. The van der Waals surface area contributed by atoms with Gasteiger partial charge in [-0.2, -0.15) is 0 Å². The van der Waals surface area contributed by atoms with Gasteiger partial charge in [-0.15, -0.1) is 0 Å². The Hall–Kier alpha value is -1.65. The number of carbonyl (C=O) groups excluding carboxylic acids is 1. The molecule has 2 unspecified atom stereocenters. The number of allylic oxidation sites excluding steroid dienone is 7. The van der Waals surface area contributed by atoms with Gasteiger partial charge in [-0.25, -0.2) is 0 Å². The molecule has 61 heavy (non-hydrogen) atoms. The fourth-order valence-electron chi connectivity index (χ4n) is 8.34. The molecule has 0 aromatic carbocycles. The summed E-state index contributed by atoms with van der Waals surface area (Å²) < 4.78 is 0. The normalized spacial score (nSPS) is 13.2. The van der Waals surface area contributed by atoms with Crippen LogP contribution in [0, 0.1) is 0 Å². The number of amides is 1. The lowest BCUT2D eigenvalue weighted by molar-refractivity contribution is -0.123. The number of nitrogens with one attached hydrogen (secondary N) is 1. The minimum absolute atomic E-state index is 0.0713. The average Bonchev–Trinajstić information content (AvgIpc) is 3.26. The highest BCUT2D eigenvalue weighted by Crippen LogP contribution is 2.16. The summed E-state index contributed by atoms with van der Waals surface area (Å²) in [6, 6.07) is -0.639. The van der Waals surface area contributed by atoms with E-state index in [0.717, 1.165) is 38.5 Å². The summed E-state index contributed by atoms with van der Waals surface area (Å²) in [5.41, 5.74) is 0. The van der Waals surface area contributed by atoms with Crippen LogP contribution in [0.1, 0.15) is 290 Å². The maximum atomic E-state index is 12.4. The monoisotopic (exact) mass is 854 g/mol. The standard InChI is InChI=1S/C57H107NO3/c1-3-5-7-9-11-13-15-17-19-21-22-23-24-25-26-27-28-29-30-31-32-33-34-35-36-37-39-41-43-45-47-49-51-53-57(61)58-55(54-59)56(60)52-50-48-46-44-42-40-38-20-18-16-14-12-10-8-6-4-2/h22-23,25-26,42,44,50,52,55-56,59-60H,3-21,24,27-41,43,45-49,51,53-54H2,1-2H3,(H,58,61)/b23-22-,26-25-,44-42+,52-50+. The molecule has 0 saturated carbocycles. The Labute approximate surface area is 382 Å². The van der Waals surface area contributed by atoms with Crippen LogP contribution in [0.5, 0.6) is 0 Å². The van der Waals surface area contributed by atoms with E-state index in [1.54, 1.807) is 6.08 Å². The van der Waals surface area contributed by atoms with Gasteiger partial charge in [-0.3, -0.25) is 4.79 Å². The van der Waals surface area contributed by atoms with Crippen LogP contribution in [0.3, 0.4) is 0 Å². The van der Waals surface area contributed by atoms with Crippen LogP contribution in [-0.2, 0) is 4.79 Å². The largest absolute Gasteiger partial charge is 0.394 e. The molecular formula is C57H107NO3. The van der Waals surface area contributed by atoms with Crippen LogP contribution in [0.25, 0.3) is 0 Å². The van der Waals surface area contributed by atoms with Gasteiger partial charge in [0, 0.05) is 6.42 Å². The van der Waals surface area contributed by atoms with Crippen LogP contribution >= 0.6 is 0 Å². The van der Waals surface area contributed by atoms with Crippen molar-refractivity contribution in [1.29, 1.82) is 0 Å². The number of rotatable bonds is 50. The molecule has 2 atom stereocenters. The average molecular weight is 854 g/mol. The number of aliphatic hydroxyl groups excluding tert-OH is 2. The highest BCUT2D eigenvalue weighted by atomic mass is 16.3. The zero-order valence-corrected chi connectivity index (χ0v) is 41.2. The second-order valence-electron chi connectivity index (χ2n) is 18.6. The minimum atomic E-state index is -0.862. The lowest BCUT2D eigenvalue weighted by Crippen LogP contribution is -2.45. The summed E-state index contributed by atoms with van der Waals surface area (Å²) in [5, 5.41) is 23.1. The number of hydrogen-bond acceptors (Lipinski definition) is 3. The maximum absolute atomic E-state index is 12.4. The fraction of sp³-hybridized carbons (Fsp3) is 0.842. The molecule has 0 rings (SSSR count). The molecular weight excluding hydrogens is 747 g/mol. The van der Waals surface area contributed by atoms with E-state index in [2.05, 4.69) is 55.6 Å². The molecule has 0 aliphatic carbocycles. The zero-order chi connectivity index (χ0) is 44.2. The van der Waals surface area contributed by atoms with Gasteiger partial charge in [0.15, 0.2) is 0 Å². The summed E-state index contributed by atoms with van der Waals surface area (Å²) in [7, 11) is 0. The van der Waals surface area contributed by atoms with Crippen LogP contribution in [-0.4, -0.2) is 34.9 Å². The van der Waals surface area contributed by atoms with Crippen molar-refractivity contribution in [3.05, 3.63) is 48.6 Å². The molecule has 0 aromatic rings. The van der Waals surface area contributed by atoms with Crippen LogP contribution in [0.4, 0.5) is 0 Å². The van der Waals surface area contributed by atoms with E-state index in [4.69, 9.17) is 0 Å². The topological polar surface area (TPSA) is 69.6 Å². The Morgan fingerprint density at radius 2 is 0.689 bits per heavy atom. The summed E-state index contributed by atoms with van der Waals surface area (Å²) in [5.74, 6) is -0.0713. The molecule has 0 aromatic heterocycles. The fourth-order valence-corrected chi connectivity index (χ4v) is 8.34. The van der Waals surface area contributed by atoms with E-state index in [0.29, 0.717) is 6.42 Å². The smallest absolute Gasteiger partial charge is 0.220 e. The third kappa shape index (κ3) is 49.2. The second kappa shape index (κ2) is 52.7. The Balaban J connectivity index is 3.48. The van der Waals surface area contributed by atoms with Crippen molar-refractivity contribution in [2.24, 2.45) is 0 Å². The van der Waals surface area contributed by atoms with Gasteiger partial charge in [0.2, 0.25) is 5.91 Å². The summed E-state index contributed by atoms with van der Waals surface area (Å²) >= 11 is 0. The summed E-state index contributed by atoms with van der Waals surface area (Å²) in [6.07, 6.45) is 72.7. The molecule has 0 heterocycles. The number of unbranched alkanes of at least 4 members (excludes halogenated alkanes) is 37. The van der Waals surface area contributed by atoms with Gasteiger partial charge < -0.3 is 15.5 Å². The number of carbonyl (C=O) groups is 1. The van der Waals surface area contributed by atoms with Crippen molar-refractivity contribution in [2.75, 3.05) is 6.61 Å². The molecule has 0 aliphatic rings. The van der Waals surface area contributed by atoms with Gasteiger partial charge in [-0.1, -0.05) is 268 Å². The van der Waals surface area contributed by atoms with E-state index in [9.17, 15) is 15.0 Å². The molecule has 0 aliphatic heterocycles. The maximum Gasteiger partial charge on any atom is 0.220 e. The van der Waals surface area contributed by atoms with E-state index >= 15 is 0 Å². The molecule has 1 amide bonds. The van der Waals surface area contributed by atoms with E-state index in [-0.39, 0.29) is 12.5 Å². The first-order valence-electron chi connectivity index (χ1n) is 27.4. The molecule has 0 bridgehead atoms. The van der Waals surface area contributed by atoms with Crippen LogP contribution in [0.2, 0.25) is 0 Å². The Morgan fingerprint density at radius 3 is 1.05 bits per heavy atom. The molecule has 4 heteroatoms. The van der Waals surface area contributed by atoms with Gasteiger partial charge in [-0.05, 0) is 64.2 Å². The lowest BCUT2D eigenvalue weighted by Gasteiger charge is -2.19. The molecule has 3 N–H and O–H groups in total. The Morgan fingerprint density at radius 1 is 0.393 bits per heavy atom. The van der Waals surface area contributed by atoms with Gasteiger partial charge in [0.1, 0.15) is 0 Å². The van der Waals surface area contributed by atoms with Crippen molar-refractivity contribution < 1.29 is 15.0 Å². The van der Waals surface area contributed by atoms with Crippen molar-refractivity contribution >= 4 is 5.91 Å². The summed E-state index contributed by atoms with van der Waals surface area (Å²) in [4.78, 5) is 12.4. The van der Waals surface area contributed by atoms with Gasteiger partial charge in [0.05, 0.1) is 18.8 Å². The zero-order valence-electron chi connectivity index (χ0n) is 41.2. The molecule has 4 nitrogen and oxygen atoms in total. The SMILES string of the molecule is CCCCCCCCCCC/C=C\C/C=C\CCCCCCCCCCCCCCCCCCCC(=O)NC(CO)C(O)/C=C/CC/C=C/CCCCCCCCCCCC. The van der Waals surface area contributed by atoms with E-state index in [1.807, 2.05) is 6.08 Å². The molecule has 358 valence electrons. The molecule has 0 fully saturated rings. The predicted molar refractivity (Wildman–Crippen MR) is 271 cm³/mol. The highest BCUT2D eigenvalue weighted by molar-refractivity contribution is 5.76. The van der Waals surface area contributed by atoms with Crippen molar-refractivity contribution in [2.45, 2.75) is 302 Å². The van der Waals surface area contributed by atoms with Gasteiger partial charge in [0.25, 0.3) is 0 Å². The van der Waals surface area contributed by atoms with Gasteiger partial charge >= 0.3 is 0 Å². The minimum Gasteiger partial charge on any atom is -0.394 e. The molecule has 0 saturated heterocycles.